The number of hydrogen-bond acceptors (Lipinski definition) is 8. The Balaban J connectivity index is 1.99. The molecule has 1 aromatic rings. The van der Waals surface area contributed by atoms with E-state index in [1.807, 2.05) is 18.2 Å². The summed E-state index contributed by atoms with van der Waals surface area (Å²) >= 11 is 1.05. The fraction of sp³-hybridized carbons (Fsp3) is 0.545. The number of aliphatic hydroxyl groups excluding tert-OH is 1. The van der Waals surface area contributed by atoms with Crippen molar-refractivity contribution < 1.29 is 33.8 Å². The molecule has 31 heavy (non-hydrogen) atoms. The summed E-state index contributed by atoms with van der Waals surface area (Å²) in [6.07, 6.45) is -0.963. The molecule has 1 saturated heterocycles. The highest BCUT2D eigenvalue weighted by molar-refractivity contribution is 8.13. The molecule has 0 bridgehead atoms. The Bertz CT molecular complexity index is 819. The topological polar surface area (TPSA) is 110 Å². The van der Waals surface area contributed by atoms with Crippen LogP contribution in [0.15, 0.2) is 35.2 Å². The summed E-state index contributed by atoms with van der Waals surface area (Å²) < 4.78 is 9.81. The lowest BCUT2D eigenvalue weighted by molar-refractivity contribution is -0.183. The van der Waals surface area contributed by atoms with E-state index in [0.717, 1.165) is 16.7 Å². The van der Waals surface area contributed by atoms with Crippen LogP contribution in [0.3, 0.4) is 0 Å². The monoisotopic (exact) mass is 451 g/mol. The first-order valence-electron chi connectivity index (χ1n) is 10.0. The van der Waals surface area contributed by atoms with Gasteiger partial charge in [0.2, 0.25) is 12.7 Å². The molecule has 8 nitrogen and oxygen atoms in total. The van der Waals surface area contributed by atoms with Gasteiger partial charge in [0.1, 0.15) is 6.54 Å². The summed E-state index contributed by atoms with van der Waals surface area (Å²) in [5.41, 5.74) is -0.734. The number of carbonyl (C=O) groups excluding carboxylic acids is 4. The quantitative estimate of drug-likeness (QED) is 0.277. The second-order valence-corrected chi connectivity index (χ2v) is 9.64. The van der Waals surface area contributed by atoms with Gasteiger partial charge in [-0.05, 0) is 39.8 Å². The molecule has 0 unspecified atom stereocenters. The van der Waals surface area contributed by atoms with Gasteiger partial charge in [-0.15, -0.1) is 0 Å². The van der Waals surface area contributed by atoms with Crippen LogP contribution in [0.4, 0.5) is 0 Å². The molecule has 1 N–H and O–H groups in total. The number of benzene rings is 1. The molecule has 0 aromatic heterocycles. The maximum absolute atomic E-state index is 12.8. The van der Waals surface area contributed by atoms with Crippen LogP contribution >= 0.6 is 11.8 Å². The average Bonchev–Trinajstić information content (AvgIpc) is 2.69. The van der Waals surface area contributed by atoms with Gasteiger partial charge in [0.25, 0.3) is 0 Å². The van der Waals surface area contributed by atoms with Crippen molar-refractivity contribution >= 4 is 34.7 Å². The van der Waals surface area contributed by atoms with E-state index in [9.17, 15) is 24.3 Å². The van der Waals surface area contributed by atoms with Gasteiger partial charge in [0.15, 0.2) is 5.12 Å². The van der Waals surface area contributed by atoms with Crippen molar-refractivity contribution in [3.8, 4) is 0 Å². The molecule has 1 heterocycles. The summed E-state index contributed by atoms with van der Waals surface area (Å²) in [5.74, 6) is -3.10. The Morgan fingerprint density at radius 1 is 1.13 bits per heavy atom. The van der Waals surface area contributed by atoms with Crippen LogP contribution in [0.2, 0.25) is 0 Å². The Morgan fingerprint density at radius 3 is 2.29 bits per heavy atom. The van der Waals surface area contributed by atoms with Gasteiger partial charge in [-0.25, -0.2) is 0 Å². The SMILES string of the molecule is C[C@@H](O)[C@H]1C(=O)N(CC(=O)OCOC(=O)C(C)(C)C)[C@@H]1[C@@H](C)C(=O)Sc1ccccc1. The molecule has 2 rings (SSSR count). The molecule has 0 saturated carbocycles. The molecule has 4 atom stereocenters. The van der Waals surface area contributed by atoms with E-state index >= 15 is 0 Å². The van der Waals surface area contributed by atoms with Gasteiger partial charge in [0.05, 0.1) is 23.5 Å². The van der Waals surface area contributed by atoms with Crippen LogP contribution in [0.1, 0.15) is 34.6 Å². The number of nitrogens with zero attached hydrogens (tertiary/aromatic N) is 1. The zero-order chi connectivity index (χ0) is 23.3. The Labute approximate surface area is 186 Å². The predicted octanol–water partition coefficient (Wildman–Crippen LogP) is 2.24. The summed E-state index contributed by atoms with van der Waals surface area (Å²) in [7, 11) is 0. The van der Waals surface area contributed by atoms with Crippen molar-refractivity contribution in [2.24, 2.45) is 17.3 Å². The maximum atomic E-state index is 12.8. The third-order valence-corrected chi connectivity index (χ3v) is 6.06. The van der Waals surface area contributed by atoms with Gasteiger partial charge >= 0.3 is 11.9 Å². The second-order valence-electron chi connectivity index (χ2n) is 8.56. The normalized spacial score (nSPS) is 20.5. The molecular weight excluding hydrogens is 422 g/mol. The van der Waals surface area contributed by atoms with Crippen LogP contribution in [0.25, 0.3) is 0 Å². The molecule has 1 aliphatic heterocycles. The fourth-order valence-corrected chi connectivity index (χ4v) is 4.09. The van der Waals surface area contributed by atoms with Gasteiger partial charge in [0, 0.05) is 10.8 Å². The summed E-state index contributed by atoms with van der Waals surface area (Å²) in [5, 5.41) is 9.85. The lowest BCUT2D eigenvalue weighted by atomic mass is 9.77. The largest absolute Gasteiger partial charge is 0.427 e. The van der Waals surface area contributed by atoms with Crippen molar-refractivity contribution in [1.82, 2.24) is 4.90 Å². The molecule has 1 amide bonds. The predicted molar refractivity (Wildman–Crippen MR) is 114 cm³/mol. The third kappa shape index (κ3) is 6.30. The number of carbonyl (C=O) groups is 4. The van der Waals surface area contributed by atoms with Gasteiger partial charge in [-0.2, -0.15) is 0 Å². The van der Waals surface area contributed by atoms with Gasteiger partial charge in [-0.3, -0.25) is 19.2 Å². The number of aliphatic hydroxyl groups is 1. The zero-order valence-corrected chi connectivity index (χ0v) is 19.2. The zero-order valence-electron chi connectivity index (χ0n) is 18.4. The highest BCUT2D eigenvalue weighted by atomic mass is 32.2. The van der Waals surface area contributed by atoms with Crippen molar-refractivity contribution in [1.29, 1.82) is 0 Å². The summed E-state index contributed by atoms with van der Waals surface area (Å²) in [4.78, 5) is 51.2. The number of esters is 2. The standard InChI is InChI=1S/C22H29NO7S/c1-13(20(27)31-15-9-7-6-8-10-15)18-17(14(2)24)19(26)23(18)11-16(25)29-12-30-21(28)22(3,4)5/h6-10,13-14,17-18,24H,11-12H2,1-5H3/t13-,14-,17-,18-/m1/s1. The number of hydrogen-bond donors (Lipinski definition) is 1. The molecule has 1 aromatic carbocycles. The van der Waals surface area contributed by atoms with Crippen molar-refractivity contribution in [2.45, 2.75) is 51.7 Å². The molecule has 9 heteroatoms. The molecular formula is C22H29NO7S. The van der Waals surface area contributed by atoms with Crippen LogP contribution < -0.4 is 0 Å². The van der Waals surface area contributed by atoms with Crippen LogP contribution in [-0.4, -0.2) is 58.5 Å². The Hall–Kier alpha value is -2.39. The Kier molecular flexibility index (Phi) is 8.25. The highest BCUT2D eigenvalue weighted by Crippen LogP contribution is 2.37. The fourth-order valence-electron chi connectivity index (χ4n) is 3.24. The van der Waals surface area contributed by atoms with Crippen LogP contribution in [-0.2, 0) is 28.7 Å². The minimum absolute atomic E-state index is 0.174. The lowest BCUT2D eigenvalue weighted by Gasteiger charge is -2.50. The molecule has 0 spiro atoms. The number of amides is 1. The first-order valence-corrected chi connectivity index (χ1v) is 10.8. The summed E-state index contributed by atoms with van der Waals surface area (Å²) in [6, 6.07) is 8.46. The molecule has 170 valence electrons. The number of thioether (sulfide) groups is 1. The van der Waals surface area contributed by atoms with E-state index in [1.165, 1.54) is 11.8 Å². The molecule has 0 aliphatic carbocycles. The number of ether oxygens (including phenoxy) is 2. The minimum Gasteiger partial charge on any atom is -0.427 e. The van der Waals surface area contributed by atoms with Crippen LogP contribution in [0, 0.1) is 17.3 Å². The molecule has 1 aliphatic rings. The minimum atomic E-state index is -0.963. The van der Waals surface area contributed by atoms with E-state index < -0.39 is 60.6 Å². The second kappa shape index (κ2) is 10.3. The molecule has 0 radical (unpaired) electrons. The van der Waals surface area contributed by atoms with Gasteiger partial charge in [-0.1, -0.05) is 36.9 Å². The van der Waals surface area contributed by atoms with Crippen molar-refractivity contribution in [3.05, 3.63) is 30.3 Å². The number of likely N-dealkylation sites (tertiary alicyclic amines) is 1. The van der Waals surface area contributed by atoms with E-state index in [1.54, 1.807) is 39.8 Å². The first-order chi connectivity index (χ1) is 14.4. The molecule has 1 fully saturated rings. The number of rotatable bonds is 8. The van der Waals surface area contributed by atoms with Crippen molar-refractivity contribution in [3.63, 3.8) is 0 Å². The number of β-lactam (4-membered cyclic amide) rings is 1. The van der Waals surface area contributed by atoms with Gasteiger partial charge < -0.3 is 19.5 Å². The maximum Gasteiger partial charge on any atom is 0.328 e. The van der Waals surface area contributed by atoms with Crippen LogP contribution in [0.5, 0.6) is 0 Å². The van der Waals surface area contributed by atoms with E-state index in [4.69, 9.17) is 9.47 Å². The smallest absolute Gasteiger partial charge is 0.328 e. The summed E-state index contributed by atoms with van der Waals surface area (Å²) in [6.45, 7) is 7.22. The first kappa shape index (κ1) is 24.9. The van der Waals surface area contributed by atoms with E-state index in [-0.39, 0.29) is 5.12 Å². The lowest BCUT2D eigenvalue weighted by Crippen LogP contribution is -2.68. The Morgan fingerprint density at radius 2 is 1.74 bits per heavy atom. The average molecular weight is 452 g/mol. The van der Waals surface area contributed by atoms with Crippen molar-refractivity contribution in [2.75, 3.05) is 13.3 Å². The highest BCUT2D eigenvalue weighted by Gasteiger charge is 2.54. The van der Waals surface area contributed by atoms with E-state index in [2.05, 4.69) is 0 Å². The third-order valence-electron chi connectivity index (χ3n) is 4.98. The van der Waals surface area contributed by atoms with E-state index in [0.29, 0.717) is 0 Å².